The Morgan fingerprint density at radius 2 is 1.45 bits per heavy atom. The summed E-state index contributed by atoms with van der Waals surface area (Å²) in [5.41, 5.74) is 0.177. The minimum Gasteiger partial charge on any atom is -0.350 e. The van der Waals surface area contributed by atoms with Crippen molar-refractivity contribution in [2.75, 3.05) is 10.8 Å². The first-order valence-corrected chi connectivity index (χ1v) is 15.2. The van der Waals surface area contributed by atoms with Crippen molar-refractivity contribution in [2.45, 2.75) is 57.1 Å². The highest BCUT2D eigenvalue weighted by molar-refractivity contribution is 7.92. The summed E-state index contributed by atoms with van der Waals surface area (Å²) >= 11 is 18.9. The van der Waals surface area contributed by atoms with Gasteiger partial charge in [0.25, 0.3) is 10.0 Å². The van der Waals surface area contributed by atoms with Gasteiger partial charge in [-0.15, -0.1) is 0 Å². The Morgan fingerprint density at radius 1 is 0.875 bits per heavy atom. The van der Waals surface area contributed by atoms with Gasteiger partial charge in [-0.3, -0.25) is 13.9 Å². The summed E-state index contributed by atoms with van der Waals surface area (Å²) in [5, 5.41) is 3.95. The van der Waals surface area contributed by atoms with Gasteiger partial charge in [0.15, 0.2) is 0 Å². The standard InChI is InChI=1S/C29H32Cl3N3O4S/c1-5-26(28(37)33-29(2,3)4)34(18-23-24(31)12-9-13-25(23)32)27(36)19-35(21-10-7-6-8-11-21)40(38,39)22-16-14-20(30)15-17-22/h6-17,26H,5,18-19H2,1-4H3,(H,33,37)/t26-/m1/s1. The van der Waals surface area contributed by atoms with Crippen molar-refractivity contribution in [3.63, 3.8) is 0 Å². The monoisotopic (exact) mass is 623 g/mol. The summed E-state index contributed by atoms with van der Waals surface area (Å²) < 4.78 is 28.7. The Labute approximate surface area is 251 Å². The molecule has 0 aromatic heterocycles. The quantitative estimate of drug-likeness (QED) is 0.277. The van der Waals surface area contributed by atoms with E-state index in [1.165, 1.54) is 29.2 Å². The fourth-order valence-electron chi connectivity index (χ4n) is 4.08. The van der Waals surface area contributed by atoms with Crippen LogP contribution in [-0.2, 0) is 26.2 Å². The predicted octanol–water partition coefficient (Wildman–Crippen LogP) is 6.56. The molecule has 0 fully saturated rings. The third-order valence-corrected chi connectivity index (χ3v) is 8.75. The number of rotatable bonds is 10. The highest BCUT2D eigenvalue weighted by Gasteiger charge is 2.35. The molecule has 0 unspecified atom stereocenters. The van der Waals surface area contributed by atoms with Crippen LogP contribution in [-0.4, -0.2) is 43.3 Å². The van der Waals surface area contributed by atoms with Crippen LogP contribution in [0.25, 0.3) is 0 Å². The van der Waals surface area contributed by atoms with E-state index in [0.29, 0.717) is 20.6 Å². The molecule has 0 radical (unpaired) electrons. The number of benzene rings is 3. The number of hydrogen-bond donors (Lipinski definition) is 1. The van der Waals surface area contributed by atoms with Crippen molar-refractivity contribution in [2.24, 2.45) is 0 Å². The van der Waals surface area contributed by atoms with Gasteiger partial charge in [-0.2, -0.15) is 0 Å². The molecular formula is C29H32Cl3N3O4S. The summed E-state index contributed by atoms with van der Waals surface area (Å²) in [5.74, 6) is -0.980. The number of carbonyl (C=O) groups excluding carboxylic acids is 2. The van der Waals surface area contributed by atoms with Crippen LogP contribution in [0.3, 0.4) is 0 Å². The first-order valence-electron chi connectivity index (χ1n) is 12.6. The maximum atomic E-state index is 14.1. The lowest BCUT2D eigenvalue weighted by Crippen LogP contribution is -2.55. The molecule has 11 heteroatoms. The van der Waals surface area contributed by atoms with Crippen molar-refractivity contribution in [3.8, 4) is 0 Å². The molecule has 40 heavy (non-hydrogen) atoms. The fourth-order valence-corrected chi connectivity index (χ4v) is 6.14. The van der Waals surface area contributed by atoms with Crippen LogP contribution in [0.4, 0.5) is 5.69 Å². The number of para-hydroxylation sites is 1. The van der Waals surface area contributed by atoms with Gasteiger partial charge >= 0.3 is 0 Å². The van der Waals surface area contributed by atoms with Crippen LogP contribution in [0.15, 0.2) is 77.7 Å². The summed E-state index contributed by atoms with van der Waals surface area (Å²) in [6, 6.07) is 18.0. The molecule has 0 heterocycles. The Balaban J connectivity index is 2.09. The summed E-state index contributed by atoms with van der Waals surface area (Å²) in [7, 11) is -4.20. The Bertz CT molecular complexity index is 1420. The highest BCUT2D eigenvalue weighted by Crippen LogP contribution is 2.29. The zero-order valence-electron chi connectivity index (χ0n) is 22.7. The summed E-state index contributed by atoms with van der Waals surface area (Å²) in [6.45, 7) is 6.62. The van der Waals surface area contributed by atoms with Gasteiger partial charge in [-0.05, 0) is 75.7 Å². The van der Waals surface area contributed by atoms with E-state index in [2.05, 4.69) is 5.32 Å². The summed E-state index contributed by atoms with van der Waals surface area (Å²) in [6.07, 6.45) is 0.269. The van der Waals surface area contributed by atoms with E-state index >= 15 is 0 Å². The number of amides is 2. The summed E-state index contributed by atoms with van der Waals surface area (Å²) in [4.78, 5) is 28.8. The molecule has 3 rings (SSSR count). The minimum atomic E-state index is -4.20. The predicted molar refractivity (Wildman–Crippen MR) is 161 cm³/mol. The SMILES string of the molecule is CC[C@H](C(=O)NC(C)(C)C)N(Cc1c(Cl)cccc1Cl)C(=O)CN(c1ccccc1)S(=O)(=O)c1ccc(Cl)cc1. The first-order chi connectivity index (χ1) is 18.7. The number of nitrogens with zero attached hydrogens (tertiary/aromatic N) is 2. The molecule has 0 spiro atoms. The average Bonchev–Trinajstić information content (AvgIpc) is 2.88. The topological polar surface area (TPSA) is 86.8 Å². The molecule has 214 valence electrons. The van der Waals surface area contributed by atoms with Crippen molar-refractivity contribution >= 4 is 62.3 Å². The minimum absolute atomic E-state index is 0.0354. The van der Waals surface area contributed by atoms with Crippen LogP contribution >= 0.6 is 34.8 Å². The molecule has 0 aliphatic heterocycles. The molecule has 2 amide bonds. The number of sulfonamides is 1. The fraction of sp³-hybridized carbons (Fsp3) is 0.310. The lowest BCUT2D eigenvalue weighted by atomic mass is 10.1. The molecule has 1 atom stereocenters. The van der Waals surface area contributed by atoms with Gasteiger partial charge in [0.05, 0.1) is 10.6 Å². The zero-order chi connectivity index (χ0) is 29.7. The maximum Gasteiger partial charge on any atom is 0.264 e. The van der Waals surface area contributed by atoms with Crippen LogP contribution < -0.4 is 9.62 Å². The first kappa shape index (κ1) is 31.7. The van der Waals surface area contributed by atoms with Gasteiger partial charge < -0.3 is 10.2 Å². The largest absolute Gasteiger partial charge is 0.350 e. The number of carbonyl (C=O) groups is 2. The van der Waals surface area contributed by atoms with Crippen LogP contribution in [0.2, 0.25) is 15.1 Å². The highest BCUT2D eigenvalue weighted by atomic mass is 35.5. The zero-order valence-corrected chi connectivity index (χ0v) is 25.8. The number of nitrogens with one attached hydrogen (secondary N) is 1. The van der Waals surface area contributed by atoms with Crippen LogP contribution in [0.5, 0.6) is 0 Å². The van der Waals surface area contributed by atoms with Crippen molar-refractivity contribution in [1.82, 2.24) is 10.2 Å². The van der Waals surface area contributed by atoms with Crippen molar-refractivity contribution < 1.29 is 18.0 Å². The second-order valence-electron chi connectivity index (χ2n) is 10.2. The lowest BCUT2D eigenvalue weighted by Gasteiger charge is -2.35. The maximum absolute atomic E-state index is 14.1. The van der Waals surface area contributed by atoms with Gasteiger partial charge in [0.1, 0.15) is 12.6 Å². The molecule has 0 saturated carbocycles. The molecule has 0 saturated heterocycles. The van der Waals surface area contributed by atoms with E-state index in [1.54, 1.807) is 55.5 Å². The van der Waals surface area contributed by atoms with Crippen molar-refractivity contribution in [3.05, 3.63) is 93.4 Å². The van der Waals surface area contributed by atoms with E-state index in [1.807, 2.05) is 20.8 Å². The van der Waals surface area contributed by atoms with Crippen LogP contribution in [0, 0.1) is 0 Å². The molecule has 1 N–H and O–H groups in total. The van der Waals surface area contributed by atoms with E-state index in [-0.39, 0.29) is 29.5 Å². The van der Waals surface area contributed by atoms with Crippen molar-refractivity contribution in [1.29, 1.82) is 0 Å². The molecule has 0 aliphatic carbocycles. The van der Waals surface area contributed by atoms with Crippen LogP contribution in [0.1, 0.15) is 39.7 Å². The normalized spacial score (nSPS) is 12.5. The smallest absolute Gasteiger partial charge is 0.264 e. The van der Waals surface area contributed by atoms with E-state index in [0.717, 1.165) is 4.31 Å². The molecule has 3 aromatic carbocycles. The molecule has 0 bridgehead atoms. The lowest BCUT2D eigenvalue weighted by molar-refractivity contribution is -0.141. The van der Waals surface area contributed by atoms with E-state index in [4.69, 9.17) is 34.8 Å². The van der Waals surface area contributed by atoms with E-state index in [9.17, 15) is 18.0 Å². The Kier molecular flexibility index (Phi) is 10.5. The molecular weight excluding hydrogens is 593 g/mol. The third kappa shape index (κ3) is 7.91. The van der Waals surface area contributed by atoms with Gasteiger partial charge in [0.2, 0.25) is 11.8 Å². The number of anilines is 1. The number of hydrogen-bond acceptors (Lipinski definition) is 4. The van der Waals surface area contributed by atoms with E-state index < -0.39 is 34.1 Å². The number of halogens is 3. The second-order valence-corrected chi connectivity index (χ2v) is 13.3. The van der Waals surface area contributed by atoms with Gasteiger partial charge in [0, 0.05) is 32.7 Å². The second kappa shape index (κ2) is 13.3. The van der Waals surface area contributed by atoms with Gasteiger partial charge in [-0.25, -0.2) is 8.42 Å². The average molecular weight is 625 g/mol. The Morgan fingerprint density at radius 3 is 1.98 bits per heavy atom. The molecule has 0 aliphatic rings. The molecule has 7 nitrogen and oxygen atoms in total. The third-order valence-electron chi connectivity index (χ3n) is 6.00. The molecule has 3 aromatic rings. The van der Waals surface area contributed by atoms with Gasteiger partial charge in [-0.1, -0.05) is 66.0 Å². The Hall–Kier alpha value is -2.78.